The fraction of sp³-hybridized carbons (Fsp3) is 0.417. The first-order chi connectivity index (χ1) is 8.49. The van der Waals surface area contributed by atoms with Gasteiger partial charge in [0.1, 0.15) is 24.3 Å². The highest BCUT2D eigenvalue weighted by Crippen LogP contribution is 2.34. The number of carboxylic acids is 1. The van der Waals surface area contributed by atoms with Gasteiger partial charge in [-0.3, -0.25) is 9.69 Å². The van der Waals surface area contributed by atoms with E-state index < -0.39 is 23.9 Å². The van der Waals surface area contributed by atoms with Gasteiger partial charge in [0, 0.05) is 5.56 Å². The lowest BCUT2D eigenvalue weighted by molar-refractivity contribution is -0.139. The van der Waals surface area contributed by atoms with Crippen molar-refractivity contribution in [2.24, 2.45) is 0 Å². The molecule has 18 heavy (non-hydrogen) atoms. The van der Waals surface area contributed by atoms with Crippen molar-refractivity contribution in [3.05, 3.63) is 29.6 Å². The Morgan fingerprint density at radius 3 is 3.00 bits per heavy atom. The molecule has 2 rings (SSSR count). The van der Waals surface area contributed by atoms with E-state index in [0.717, 1.165) is 0 Å². The quantitative estimate of drug-likeness (QED) is 0.829. The second-order valence-electron chi connectivity index (χ2n) is 4.31. The summed E-state index contributed by atoms with van der Waals surface area (Å²) in [5, 5.41) is 18.9. The monoisotopic (exact) mass is 255 g/mol. The van der Waals surface area contributed by atoms with Gasteiger partial charge in [-0.05, 0) is 25.2 Å². The van der Waals surface area contributed by atoms with Gasteiger partial charge in [0.25, 0.3) is 0 Å². The molecule has 1 aliphatic rings. The van der Waals surface area contributed by atoms with Crippen LogP contribution < -0.4 is 4.74 Å². The van der Waals surface area contributed by atoms with Gasteiger partial charge in [-0.15, -0.1) is 0 Å². The van der Waals surface area contributed by atoms with E-state index in [2.05, 4.69) is 0 Å². The zero-order valence-electron chi connectivity index (χ0n) is 9.84. The lowest BCUT2D eigenvalue weighted by Crippen LogP contribution is -2.45. The van der Waals surface area contributed by atoms with Crippen LogP contribution in [0, 0.1) is 5.82 Å². The highest BCUT2D eigenvalue weighted by Gasteiger charge is 2.33. The highest BCUT2D eigenvalue weighted by molar-refractivity contribution is 5.69. The smallest absolute Gasteiger partial charge is 0.317 e. The topological polar surface area (TPSA) is 70.0 Å². The van der Waals surface area contributed by atoms with Crippen LogP contribution in [0.15, 0.2) is 18.2 Å². The molecule has 0 spiro atoms. The molecule has 1 aromatic rings. The third kappa shape index (κ3) is 2.44. The Labute approximate surface area is 103 Å². The summed E-state index contributed by atoms with van der Waals surface area (Å²) in [7, 11) is 1.58. The van der Waals surface area contributed by atoms with E-state index in [0.29, 0.717) is 11.3 Å². The van der Waals surface area contributed by atoms with E-state index >= 15 is 0 Å². The van der Waals surface area contributed by atoms with Crippen molar-refractivity contribution in [3.8, 4) is 5.75 Å². The number of aliphatic hydroxyl groups is 1. The lowest BCUT2D eigenvalue weighted by Gasteiger charge is -2.35. The molecule has 0 amide bonds. The maximum Gasteiger partial charge on any atom is 0.317 e. The predicted molar refractivity (Wildman–Crippen MR) is 60.9 cm³/mol. The number of fused-ring (bicyclic) bond motifs is 1. The summed E-state index contributed by atoms with van der Waals surface area (Å²) in [6.45, 7) is -0.0423. The van der Waals surface area contributed by atoms with Crippen molar-refractivity contribution in [2.45, 2.75) is 12.1 Å². The number of carboxylic acid groups (broad SMARTS) is 1. The molecule has 98 valence electrons. The molecule has 0 bridgehead atoms. The fourth-order valence-electron chi connectivity index (χ4n) is 2.05. The summed E-state index contributed by atoms with van der Waals surface area (Å²) in [5.41, 5.74) is 0.350. The summed E-state index contributed by atoms with van der Waals surface area (Å²) in [6, 6.07) is 3.42. The van der Waals surface area contributed by atoms with Crippen molar-refractivity contribution in [1.29, 1.82) is 0 Å². The van der Waals surface area contributed by atoms with Crippen LogP contribution >= 0.6 is 0 Å². The number of rotatable bonds is 3. The summed E-state index contributed by atoms with van der Waals surface area (Å²) in [4.78, 5) is 12.1. The molecule has 1 heterocycles. The number of aliphatic carboxylic acids is 1. The average Bonchev–Trinajstić information content (AvgIpc) is 2.29. The first-order valence-corrected chi connectivity index (χ1v) is 5.51. The van der Waals surface area contributed by atoms with Crippen LogP contribution in [0.2, 0.25) is 0 Å². The van der Waals surface area contributed by atoms with Gasteiger partial charge in [-0.25, -0.2) is 4.39 Å². The average molecular weight is 255 g/mol. The Bertz CT molecular complexity index is 465. The number of hydrogen-bond donors (Lipinski definition) is 2. The summed E-state index contributed by atoms with van der Waals surface area (Å²) < 4.78 is 18.5. The number of nitrogens with zero attached hydrogens (tertiary/aromatic N) is 1. The van der Waals surface area contributed by atoms with E-state index in [1.54, 1.807) is 7.05 Å². The number of hydrogen-bond acceptors (Lipinski definition) is 4. The minimum atomic E-state index is -0.991. The van der Waals surface area contributed by atoms with Gasteiger partial charge in [0.15, 0.2) is 0 Å². The molecule has 0 saturated heterocycles. The maximum atomic E-state index is 13.1. The number of benzene rings is 1. The number of carbonyl (C=O) groups is 1. The Hall–Kier alpha value is -1.66. The second-order valence-corrected chi connectivity index (χ2v) is 4.31. The molecule has 6 heteroatoms. The minimum absolute atomic E-state index is 0.170. The van der Waals surface area contributed by atoms with Crippen LogP contribution in [-0.4, -0.2) is 47.3 Å². The number of aliphatic hydroxyl groups excluding tert-OH is 1. The lowest BCUT2D eigenvalue weighted by atomic mass is 9.98. The molecule has 1 aliphatic heterocycles. The highest BCUT2D eigenvalue weighted by atomic mass is 19.1. The molecule has 2 unspecified atom stereocenters. The molecule has 5 nitrogen and oxygen atoms in total. The molecule has 0 fully saturated rings. The molecule has 0 aliphatic carbocycles. The van der Waals surface area contributed by atoms with Crippen LogP contribution in [0.5, 0.6) is 5.75 Å². The second kappa shape index (κ2) is 4.91. The Morgan fingerprint density at radius 1 is 1.61 bits per heavy atom. The van der Waals surface area contributed by atoms with Crippen molar-refractivity contribution in [2.75, 3.05) is 20.2 Å². The third-order valence-electron chi connectivity index (χ3n) is 3.02. The number of likely N-dealkylation sites (N-methyl/N-ethyl adjacent to an activating group) is 1. The molecular weight excluding hydrogens is 241 g/mol. The van der Waals surface area contributed by atoms with Gasteiger partial charge < -0.3 is 14.9 Å². The van der Waals surface area contributed by atoms with Crippen LogP contribution in [0.3, 0.4) is 0 Å². The Balaban J connectivity index is 2.21. The molecule has 2 N–H and O–H groups in total. The Kier molecular flexibility index (Phi) is 3.49. The van der Waals surface area contributed by atoms with E-state index in [1.807, 2.05) is 0 Å². The van der Waals surface area contributed by atoms with Gasteiger partial charge in [-0.1, -0.05) is 0 Å². The van der Waals surface area contributed by atoms with Crippen LogP contribution in [-0.2, 0) is 4.79 Å². The first-order valence-electron chi connectivity index (χ1n) is 5.51. The van der Waals surface area contributed by atoms with Crippen LogP contribution in [0.25, 0.3) is 0 Å². The first kappa shape index (κ1) is 12.8. The van der Waals surface area contributed by atoms with Gasteiger partial charge in [0.05, 0.1) is 12.6 Å². The van der Waals surface area contributed by atoms with Gasteiger partial charge in [-0.2, -0.15) is 0 Å². The van der Waals surface area contributed by atoms with Crippen molar-refractivity contribution >= 4 is 5.97 Å². The maximum absolute atomic E-state index is 13.1. The van der Waals surface area contributed by atoms with E-state index in [4.69, 9.17) is 9.84 Å². The molecule has 0 radical (unpaired) electrons. The number of halogens is 1. The SMILES string of the molecule is CN(CC(=O)O)C1COc2ccc(F)cc2C1O. The summed E-state index contributed by atoms with van der Waals surface area (Å²) in [6.07, 6.45) is -0.964. The third-order valence-corrected chi connectivity index (χ3v) is 3.02. The minimum Gasteiger partial charge on any atom is -0.491 e. The zero-order chi connectivity index (χ0) is 13.3. The molecule has 0 saturated carbocycles. The zero-order valence-corrected chi connectivity index (χ0v) is 9.84. The number of ether oxygens (including phenoxy) is 1. The van der Waals surface area contributed by atoms with Gasteiger partial charge >= 0.3 is 5.97 Å². The van der Waals surface area contributed by atoms with Crippen molar-refractivity contribution in [1.82, 2.24) is 4.90 Å². The van der Waals surface area contributed by atoms with Crippen LogP contribution in [0.4, 0.5) is 4.39 Å². The fourth-order valence-corrected chi connectivity index (χ4v) is 2.05. The predicted octanol–water partition coefficient (Wildman–Crippen LogP) is 0.636. The summed E-state index contributed by atoms with van der Waals surface area (Å²) in [5.74, 6) is -1.02. The van der Waals surface area contributed by atoms with E-state index in [-0.39, 0.29) is 13.2 Å². The van der Waals surface area contributed by atoms with Crippen molar-refractivity contribution < 1.29 is 24.1 Å². The van der Waals surface area contributed by atoms with E-state index in [9.17, 15) is 14.3 Å². The van der Waals surface area contributed by atoms with Crippen molar-refractivity contribution in [3.63, 3.8) is 0 Å². The molecular formula is C12H14FNO4. The molecule has 1 aromatic carbocycles. The largest absolute Gasteiger partial charge is 0.491 e. The van der Waals surface area contributed by atoms with E-state index in [1.165, 1.54) is 23.1 Å². The summed E-state index contributed by atoms with van der Waals surface area (Å²) >= 11 is 0. The normalized spacial score (nSPS) is 22.4. The Morgan fingerprint density at radius 2 is 2.33 bits per heavy atom. The standard InChI is InChI=1S/C12H14FNO4/c1-14(5-11(15)16)9-6-18-10-3-2-7(13)4-8(10)12(9)17/h2-4,9,12,17H,5-6H2,1H3,(H,15,16). The van der Waals surface area contributed by atoms with Crippen LogP contribution in [0.1, 0.15) is 11.7 Å². The molecule has 2 atom stereocenters. The van der Waals surface area contributed by atoms with Gasteiger partial charge in [0.2, 0.25) is 0 Å². The molecule has 0 aromatic heterocycles.